The fourth-order valence-electron chi connectivity index (χ4n) is 3.82. The lowest BCUT2D eigenvalue weighted by atomic mass is 9.93. The number of pyridine rings is 1. The second-order valence-corrected chi connectivity index (χ2v) is 7.76. The van der Waals surface area contributed by atoms with E-state index in [1.807, 2.05) is 4.90 Å². The van der Waals surface area contributed by atoms with Crippen molar-refractivity contribution < 1.29 is 9.59 Å². The summed E-state index contributed by atoms with van der Waals surface area (Å²) in [6, 6.07) is 8.36. The van der Waals surface area contributed by atoms with Gasteiger partial charge in [-0.1, -0.05) is 0 Å². The lowest BCUT2D eigenvalue weighted by molar-refractivity contribution is -0.134. The SMILES string of the molecule is C[C@@H](NC(=O)c1cnc2ccc(C#N)cc2c1)C(=O)N1CCC2(CC1)CC2. The second kappa shape index (κ2) is 6.66. The van der Waals surface area contributed by atoms with Crippen LogP contribution >= 0.6 is 0 Å². The zero-order valence-electron chi connectivity index (χ0n) is 15.4. The molecule has 1 aromatic heterocycles. The quantitative estimate of drug-likeness (QED) is 0.909. The maximum absolute atomic E-state index is 12.7. The van der Waals surface area contributed by atoms with Crippen molar-refractivity contribution in [2.45, 2.75) is 38.6 Å². The largest absolute Gasteiger partial charge is 0.341 e. The Balaban J connectivity index is 1.42. The number of benzene rings is 1. The van der Waals surface area contributed by atoms with Gasteiger partial charge in [-0.3, -0.25) is 14.6 Å². The minimum Gasteiger partial charge on any atom is -0.341 e. The number of rotatable bonds is 3. The number of amides is 2. The van der Waals surface area contributed by atoms with Gasteiger partial charge in [0.1, 0.15) is 6.04 Å². The van der Waals surface area contributed by atoms with Gasteiger partial charge in [0.15, 0.2) is 0 Å². The van der Waals surface area contributed by atoms with Gasteiger partial charge in [-0.05, 0) is 62.3 Å². The van der Waals surface area contributed by atoms with Crippen LogP contribution in [0.15, 0.2) is 30.5 Å². The highest BCUT2D eigenvalue weighted by atomic mass is 16.2. The molecule has 27 heavy (non-hydrogen) atoms. The molecule has 0 bridgehead atoms. The van der Waals surface area contributed by atoms with Gasteiger partial charge < -0.3 is 10.2 Å². The van der Waals surface area contributed by atoms with Crippen molar-refractivity contribution in [3.05, 3.63) is 41.6 Å². The van der Waals surface area contributed by atoms with E-state index in [9.17, 15) is 9.59 Å². The average molecular weight is 362 g/mol. The molecule has 2 aromatic rings. The van der Waals surface area contributed by atoms with E-state index in [0.717, 1.165) is 36.8 Å². The fourth-order valence-corrected chi connectivity index (χ4v) is 3.82. The van der Waals surface area contributed by atoms with E-state index >= 15 is 0 Å². The number of piperidine rings is 1. The maximum Gasteiger partial charge on any atom is 0.253 e. The first-order valence-corrected chi connectivity index (χ1v) is 9.39. The predicted octanol–water partition coefficient (Wildman–Crippen LogP) is 2.63. The van der Waals surface area contributed by atoms with Crippen LogP contribution < -0.4 is 5.32 Å². The monoisotopic (exact) mass is 362 g/mol. The Kier molecular flexibility index (Phi) is 4.31. The van der Waals surface area contributed by atoms with Crippen molar-refractivity contribution in [1.29, 1.82) is 5.26 Å². The normalized spacial score (nSPS) is 18.7. The Labute approximate surface area is 158 Å². The number of nitriles is 1. The molecule has 2 heterocycles. The number of hydrogen-bond acceptors (Lipinski definition) is 4. The van der Waals surface area contributed by atoms with Crippen molar-refractivity contribution in [2.24, 2.45) is 5.41 Å². The molecule has 1 aliphatic carbocycles. The second-order valence-electron chi connectivity index (χ2n) is 7.76. The van der Waals surface area contributed by atoms with E-state index in [1.165, 1.54) is 19.0 Å². The summed E-state index contributed by atoms with van der Waals surface area (Å²) in [4.78, 5) is 31.4. The molecule has 0 radical (unpaired) electrons. The summed E-state index contributed by atoms with van der Waals surface area (Å²) in [5.41, 5.74) is 2.14. The van der Waals surface area contributed by atoms with Gasteiger partial charge in [-0.2, -0.15) is 5.26 Å². The molecule has 2 fully saturated rings. The zero-order valence-corrected chi connectivity index (χ0v) is 15.4. The van der Waals surface area contributed by atoms with Gasteiger partial charge in [-0.15, -0.1) is 0 Å². The first-order chi connectivity index (χ1) is 13.0. The highest BCUT2D eigenvalue weighted by Gasteiger charge is 2.45. The van der Waals surface area contributed by atoms with Gasteiger partial charge in [0.2, 0.25) is 5.91 Å². The lowest BCUT2D eigenvalue weighted by Gasteiger charge is -2.33. The zero-order chi connectivity index (χ0) is 19.0. The molecule has 0 unspecified atom stereocenters. The molecular weight excluding hydrogens is 340 g/mol. The molecule has 1 saturated heterocycles. The number of carbonyl (C=O) groups excluding carboxylic acids is 2. The smallest absolute Gasteiger partial charge is 0.253 e. The number of nitrogens with zero attached hydrogens (tertiary/aromatic N) is 3. The van der Waals surface area contributed by atoms with Crippen LogP contribution in [0.3, 0.4) is 0 Å². The lowest BCUT2D eigenvalue weighted by Crippen LogP contribution is -2.49. The number of hydrogen-bond donors (Lipinski definition) is 1. The van der Waals surface area contributed by atoms with Crippen molar-refractivity contribution in [2.75, 3.05) is 13.1 Å². The van der Waals surface area contributed by atoms with Gasteiger partial charge in [0, 0.05) is 24.7 Å². The Morgan fingerprint density at radius 2 is 1.96 bits per heavy atom. The standard InChI is InChI=1S/C21H22N4O2/c1-14(20(27)25-8-6-21(4-5-21)7-9-25)24-19(26)17-11-16-10-15(12-22)2-3-18(16)23-13-17/h2-3,10-11,13-14H,4-9H2,1H3,(H,24,26)/t14-/m1/s1. The molecular formula is C21H22N4O2. The Hall–Kier alpha value is -2.94. The molecule has 4 rings (SSSR count). The molecule has 6 heteroatoms. The molecule has 2 amide bonds. The molecule has 1 N–H and O–H groups in total. The van der Waals surface area contributed by atoms with Gasteiger partial charge in [0.05, 0.1) is 22.7 Å². The van der Waals surface area contributed by atoms with E-state index in [4.69, 9.17) is 5.26 Å². The number of aromatic nitrogens is 1. The van der Waals surface area contributed by atoms with E-state index in [2.05, 4.69) is 16.4 Å². The maximum atomic E-state index is 12.7. The summed E-state index contributed by atoms with van der Waals surface area (Å²) >= 11 is 0. The first-order valence-electron chi connectivity index (χ1n) is 9.39. The molecule has 1 aromatic carbocycles. The Morgan fingerprint density at radius 1 is 1.22 bits per heavy atom. The Morgan fingerprint density at radius 3 is 2.63 bits per heavy atom. The average Bonchev–Trinajstić information content (AvgIpc) is 3.45. The van der Waals surface area contributed by atoms with Gasteiger partial charge in [0.25, 0.3) is 5.91 Å². The summed E-state index contributed by atoms with van der Waals surface area (Å²) in [6.45, 7) is 3.30. The number of fused-ring (bicyclic) bond motifs is 1. The van der Waals surface area contributed by atoms with Gasteiger partial charge in [-0.25, -0.2) is 0 Å². The summed E-state index contributed by atoms with van der Waals surface area (Å²) < 4.78 is 0. The van der Waals surface area contributed by atoms with Crippen LogP contribution in [-0.4, -0.2) is 40.8 Å². The summed E-state index contributed by atoms with van der Waals surface area (Å²) in [5.74, 6) is -0.359. The molecule has 1 spiro atoms. The predicted molar refractivity (Wildman–Crippen MR) is 101 cm³/mol. The van der Waals surface area contributed by atoms with Crippen molar-refractivity contribution in [1.82, 2.24) is 15.2 Å². The van der Waals surface area contributed by atoms with Gasteiger partial charge >= 0.3 is 0 Å². The molecule has 138 valence electrons. The first kappa shape index (κ1) is 17.5. The van der Waals surface area contributed by atoms with Crippen molar-refractivity contribution in [3.8, 4) is 6.07 Å². The van der Waals surface area contributed by atoms with Crippen LogP contribution in [0.4, 0.5) is 0 Å². The number of carbonyl (C=O) groups is 2. The van der Waals surface area contributed by atoms with E-state index < -0.39 is 6.04 Å². The minimum absolute atomic E-state index is 0.0284. The molecule has 1 saturated carbocycles. The van der Waals surface area contributed by atoms with Crippen LogP contribution in [0.2, 0.25) is 0 Å². The fraction of sp³-hybridized carbons (Fsp3) is 0.429. The minimum atomic E-state index is -0.577. The van der Waals surface area contributed by atoms with E-state index in [-0.39, 0.29) is 11.8 Å². The molecule has 6 nitrogen and oxygen atoms in total. The third kappa shape index (κ3) is 3.50. The van der Waals surface area contributed by atoms with Crippen LogP contribution in [-0.2, 0) is 4.79 Å². The van der Waals surface area contributed by atoms with Crippen LogP contribution in [0.1, 0.15) is 48.5 Å². The number of likely N-dealkylation sites (tertiary alicyclic amines) is 1. The van der Waals surface area contributed by atoms with Crippen LogP contribution in [0.5, 0.6) is 0 Å². The van der Waals surface area contributed by atoms with Crippen molar-refractivity contribution >= 4 is 22.7 Å². The molecule has 2 aliphatic rings. The highest BCUT2D eigenvalue weighted by Crippen LogP contribution is 2.53. The third-order valence-electron chi connectivity index (χ3n) is 5.88. The topological polar surface area (TPSA) is 86.1 Å². The summed E-state index contributed by atoms with van der Waals surface area (Å²) in [7, 11) is 0. The van der Waals surface area contributed by atoms with E-state index in [1.54, 1.807) is 31.2 Å². The molecule has 1 atom stereocenters. The van der Waals surface area contributed by atoms with E-state index in [0.29, 0.717) is 16.5 Å². The van der Waals surface area contributed by atoms with Crippen LogP contribution in [0.25, 0.3) is 10.9 Å². The molecule has 1 aliphatic heterocycles. The number of nitrogens with one attached hydrogen (secondary N) is 1. The van der Waals surface area contributed by atoms with Crippen molar-refractivity contribution in [3.63, 3.8) is 0 Å². The summed E-state index contributed by atoms with van der Waals surface area (Å²) in [6.07, 6.45) is 6.25. The highest BCUT2D eigenvalue weighted by molar-refractivity contribution is 5.99. The third-order valence-corrected chi connectivity index (χ3v) is 5.88. The Bertz CT molecular complexity index is 948. The summed E-state index contributed by atoms with van der Waals surface area (Å²) in [5, 5.41) is 12.5. The van der Waals surface area contributed by atoms with Crippen LogP contribution in [0, 0.1) is 16.7 Å².